The molecule has 1 atom stereocenters. The van der Waals surface area contributed by atoms with Crippen LogP contribution in [0.1, 0.15) is 37.6 Å². The number of aromatic nitrogens is 2. The van der Waals surface area contributed by atoms with Crippen molar-refractivity contribution in [2.75, 3.05) is 18.9 Å². The smallest absolute Gasteiger partial charge is 0.243 e. The van der Waals surface area contributed by atoms with Crippen LogP contribution in [-0.2, 0) is 17.6 Å². The number of nitrogens with one attached hydrogen (secondary N) is 3. The number of hydrogen-bond donors (Lipinski definition) is 3. The number of halogens is 2. The Labute approximate surface area is 187 Å². The van der Waals surface area contributed by atoms with Crippen LogP contribution in [-0.4, -0.2) is 41.3 Å². The van der Waals surface area contributed by atoms with Crippen molar-refractivity contribution in [3.8, 4) is 0 Å². The molecule has 0 saturated carbocycles. The molecule has 3 N–H and O–H groups in total. The molecule has 1 aromatic carbocycles. The van der Waals surface area contributed by atoms with Crippen LogP contribution in [0.4, 0.5) is 10.1 Å². The normalized spacial score (nSPS) is 16.0. The summed E-state index contributed by atoms with van der Waals surface area (Å²) in [5.74, 6) is 0.0109. The third-order valence-corrected chi connectivity index (χ3v) is 4.73. The predicted octanol–water partition coefficient (Wildman–Crippen LogP) is 2.88. The first-order chi connectivity index (χ1) is 13.4. The molecule has 1 amide bonds. The Kier molecular flexibility index (Phi) is 8.42. The second-order valence-electron chi connectivity index (χ2n) is 7.24. The van der Waals surface area contributed by atoms with Crippen LogP contribution >= 0.6 is 24.0 Å². The molecule has 1 aliphatic carbocycles. The van der Waals surface area contributed by atoms with E-state index in [4.69, 9.17) is 0 Å². The van der Waals surface area contributed by atoms with Crippen LogP contribution in [0.15, 0.2) is 35.5 Å². The third kappa shape index (κ3) is 6.41. The molecule has 1 aliphatic rings. The van der Waals surface area contributed by atoms with E-state index in [2.05, 4.69) is 46.1 Å². The number of anilines is 1. The molecule has 0 fully saturated rings. The average molecular weight is 514 g/mol. The highest BCUT2D eigenvalue weighted by atomic mass is 127. The minimum atomic E-state index is -0.338. The molecule has 0 bridgehead atoms. The fraction of sp³-hybridized carbons (Fsp3) is 0.450. The van der Waals surface area contributed by atoms with Gasteiger partial charge in [-0.05, 0) is 56.5 Å². The highest BCUT2D eigenvalue weighted by Gasteiger charge is 2.23. The lowest BCUT2D eigenvalue weighted by atomic mass is 9.94. The molecule has 29 heavy (non-hydrogen) atoms. The summed E-state index contributed by atoms with van der Waals surface area (Å²) in [4.78, 5) is 16.3. The molecule has 7 nitrogen and oxygen atoms in total. The number of amides is 1. The van der Waals surface area contributed by atoms with Gasteiger partial charge in [0.25, 0.3) is 0 Å². The maximum absolute atomic E-state index is 12.9. The Hall–Kier alpha value is -2.17. The van der Waals surface area contributed by atoms with E-state index in [0.29, 0.717) is 17.7 Å². The standard InChI is InChI=1S/C20H27FN6O.HI/c1-13(2)27-12-14-4-7-17(10-18(14)26-27)25-20(22-3)23-11-19(28)24-16-8-5-15(21)6-9-16;/h5-6,8-9,12-13,17H,4,7,10-11H2,1-3H3,(H,24,28)(H2,22,23,25);1H. The number of guanidine groups is 1. The molecular weight excluding hydrogens is 486 g/mol. The van der Waals surface area contributed by atoms with E-state index in [-0.39, 0.29) is 48.3 Å². The van der Waals surface area contributed by atoms with Crippen LogP contribution in [0, 0.1) is 5.82 Å². The van der Waals surface area contributed by atoms with Gasteiger partial charge in [-0.15, -0.1) is 24.0 Å². The van der Waals surface area contributed by atoms with Gasteiger partial charge in [-0.25, -0.2) is 4.39 Å². The van der Waals surface area contributed by atoms with Gasteiger partial charge in [0.05, 0.1) is 12.2 Å². The molecule has 0 saturated heterocycles. The summed E-state index contributed by atoms with van der Waals surface area (Å²) in [6.07, 6.45) is 4.93. The summed E-state index contributed by atoms with van der Waals surface area (Å²) in [7, 11) is 1.68. The Morgan fingerprint density at radius 2 is 2.07 bits per heavy atom. The van der Waals surface area contributed by atoms with E-state index in [1.54, 1.807) is 7.05 Å². The molecule has 0 spiro atoms. The lowest BCUT2D eigenvalue weighted by Gasteiger charge is -2.24. The van der Waals surface area contributed by atoms with Crippen molar-refractivity contribution in [2.24, 2.45) is 4.99 Å². The molecule has 1 aromatic heterocycles. The van der Waals surface area contributed by atoms with Gasteiger partial charge in [0.2, 0.25) is 5.91 Å². The number of nitrogens with zero attached hydrogens (tertiary/aromatic N) is 3. The Balaban J connectivity index is 0.00000300. The van der Waals surface area contributed by atoms with Crippen LogP contribution in [0.25, 0.3) is 0 Å². The number of benzene rings is 1. The quantitative estimate of drug-likeness (QED) is 0.326. The maximum Gasteiger partial charge on any atom is 0.243 e. The molecule has 0 radical (unpaired) electrons. The minimum Gasteiger partial charge on any atom is -0.353 e. The SMILES string of the molecule is CN=C(NCC(=O)Nc1ccc(F)cc1)NC1CCc2cn(C(C)C)nc2C1.I. The van der Waals surface area contributed by atoms with Crippen molar-refractivity contribution in [3.05, 3.63) is 47.5 Å². The van der Waals surface area contributed by atoms with Gasteiger partial charge in [0, 0.05) is 37.4 Å². The summed E-state index contributed by atoms with van der Waals surface area (Å²) in [6, 6.07) is 6.23. The van der Waals surface area contributed by atoms with Gasteiger partial charge >= 0.3 is 0 Å². The van der Waals surface area contributed by atoms with E-state index < -0.39 is 0 Å². The molecular formula is C20H28FIN6O. The number of aryl methyl sites for hydroxylation is 1. The van der Waals surface area contributed by atoms with E-state index in [0.717, 1.165) is 25.0 Å². The Morgan fingerprint density at radius 1 is 1.34 bits per heavy atom. The van der Waals surface area contributed by atoms with Gasteiger partial charge in [-0.2, -0.15) is 5.10 Å². The summed E-state index contributed by atoms with van der Waals surface area (Å²) in [5.41, 5.74) is 2.99. The lowest BCUT2D eigenvalue weighted by molar-refractivity contribution is -0.115. The number of rotatable bonds is 5. The summed E-state index contributed by atoms with van der Waals surface area (Å²) in [5, 5.41) is 13.8. The molecule has 0 aliphatic heterocycles. The van der Waals surface area contributed by atoms with Crippen molar-refractivity contribution >= 4 is 41.5 Å². The Bertz CT molecular complexity index is 849. The predicted molar refractivity (Wildman–Crippen MR) is 123 cm³/mol. The van der Waals surface area contributed by atoms with Gasteiger partial charge in [0.1, 0.15) is 5.82 Å². The van der Waals surface area contributed by atoms with Gasteiger partial charge in [-0.1, -0.05) is 0 Å². The molecule has 158 valence electrons. The second kappa shape index (κ2) is 10.6. The molecule has 1 unspecified atom stereocenters. The second-order valence-corrected chi connectivity index (χ2v) is 7.24. The molecule has 2 aromatic rings. The zero-order chi connectivity index (χ0) is 20.1. The van der Waals surface area contributed by atoms with Crippen LogP contribution in [0.2, 0.25) is 0 Å². The van der Waals surface area contributed by atoms with Crippen molar-refractivity contribution < 1.29 is 9.18 Å². The monoisotopic (exact) mass is 514 g/mol. The number of fused-ring (bicyclic) bond motifs is 1. The molecule has 9 heteroatoms. The number of hydrogen-bond acceptors (Lipinski definition) is 3. The zero-order valence-corrected chi connectivity index (χ0v) is 19.2. The van der Waals surface area contributed by atoms with Crippen molar-refractivity contribution in [2.45, 2.75) is 45.2 Å². The minimum absolute atomic E-state index is 0. The summed E-state index contributed by atoms with van der Waals surface area (Å²) >= 11 is 0. The lowest BCUT2D eigenvalue weighted by Crippen LogP contribution is -2.47. The van der Waals surface area contributed by atoms with E-state index in [1.165, 1.54) is 29.8 Å². The van der Waals surface area contributed by atoms with Crippen LogP contribution in [0.3, 0.4) is 0 Å². The highest BCUT2D eigenvalue weighted by molar-refractivity contribution is 14.0. The zero-order valence-electron chi connectivity index (χ0n) is 16.9. The topological polar surface area (TPSA) is 83.3 Å². The van der Waals surface area contributed by atoms with Crippen molar-refractivity contribution in [1.82, 2.24) is 20.4 Å². The number of aliphatic imine (C=N–C) groups is 1. The van der Waals surface area contributed by atoms with Crippen molar-refractivity contribution in [3.63, 3.8) is 0 Å². The van der Waals surface area contributed by atoms with Gasteiger partial charge in [0.15, 0.2) is 5.96 Å². The van der Waals surface area contributed by atoms with E-state index in [1.807, 2.05) is 4.68 Å². The van der Waals surface area contributed by atoms with Gasteiger partial charge in [-0.3, -0.25) is 14.5 Å². The fourth-order valence-corrected chi connectivity index (χ4v) is 3.19. The van der Waals surface area contributed by atoms with Gasteiger partial charge < -0.3 is 16.0 Å². The van der Waals surface area contributed by atoms with Crippen molar-refractivity contribution in [1.29, 1.82) is 0 Å². The molecule has 1 heterocycles. The maximum atomic E-state index is 12.9. The number of carbonyl (C=O) groups excluding carboxylic acids is 1. The summed E-state index contributed by atoms with van der Waals surface area (Å²) in [6.45, 7) is 4.31. The number of carbonyl (C=O) groups is 1. The van der Waals surface area contributed by atoms with Crippen LogP contribution < -0.4 is 16.0 Å². The Morgan fingerprint density at radius 3 is 2.72 bits per heavy atom. The highest BCUT2D eigenvalue weighted by Crippen LogP contribution is 2.21. The van der Waals surface area contributed by atoms with E-state index >= 15 is 0 Å². The molecule has 3 rings (SSSR count). The first-order valence-electron chi connectivity index (χ1n) is 9.54. The van der Waals surface area contributed by atoms with Crippen LogP contribution in [0.5, 0.6) is 0 Å². The third-order valence-electron chi connectivity index (χ3n) is 4.73. The first-order valence-corrected chi connectivity index (χ1v) is 9.54. The van der Waals surface area contributed by atoms with E-state index in [9.17, 15) is 9.18 Å². The summed E-state index contributed by atoms with van der Waals surface area (Å²) < 4.78 is 14.9. The average Bonchev–Trinajstić information content (AvgIpc) is 3.10. The fourth-order valence-electron chi connectivity index (χ4n) is 3.19. The largest absolute Gasteiger partial charge is 0.353 e. The first kappa shape index (κ1) is 23.1.